The minimum absolute atomic E-state index is 0.419. The molecular formula is C12H18N4O. The van der Waals surface area contributed by atoms with E-state index in [-0.39, 0.29) is 0 Å². The number of nitrogens with two attached hydrogens (primary N) is 1. The molecule has 0 bridgehead atoms. The first kappa shape index (κ1) is 10.8. The molecule has 2 aliphatic rings. The lowest BCUT2D eigenvalue weighted by Crippen LogP contribution is -2.33. The summed E-state index contributed by atoms with van der Waals surface area (Å²) in [7, 11) is 0. The second-order valence-electron chi connectivity index (χ2n) is 5.05. The van der Waals surface area contributed by atoms with Crippen molar-refractivity contribution in [1.82, 2.24) is 9.97 Å². The van der Waals surface area contributed by atoms with Crippen LogP contribution in [0.3, 0.4) is 0 Å². The normalized spacial score (nSPS) is 23.2. The number of hydrogen-bond donors (Lipinski definition) is 1. The molecule has 5 heteroatoms. The maximum atomic E-state index is 5.88. The van der Waals surface area contributed by atoms with Crippen LogP contribution in [0.4, 0.5) is 11.6 Å². The van der Waals surface area contributed by atoms with Gasteiger partial charge in [0.25, 0.3) is 0 Å². The third-order valence-electron chi connectivity index (χ3n) is 4.00. The van der Waals surface area contributed by atoms with Crippen molar-refractivity contribution in [2.24, 2.45) is 5.41 Å². The van der Waals surface area contributed by atoms with Crippen molar-refractivity contribution in [2.75, 3.05) is 36.9 Å². The van der Waals surface area contributed by atoms with E-state index in [0.717, 1.165) is 45.0 Å². The molecule has 0 unspecified atom stereocenters. The fourth-order valence-corrected chi connectivity index (χ4v) is 2.91. The molecule has 0 aliphatic carbocycles. The van der Waals surface area contributed by atoms with Crippen LogP contribution in [0.1, 0.15) is 19.3 Å². The minimum atomic E-state index is 0.419. The molecule has 0 amide bonds. The Balaban J connectivity index is 1.77. The SMILES string of the molecule is Nc1nccnc1N1CCC2(CCOCC2)C1. The molecule has 92 valence electrons. The highest BCUT2D eigenvalue weighted by atomic mass is 16.5. The summed E-state index contributed by atoms with van der Waals surface area (Å²) in [6.45, 7) is 3.86. The first-order valence-corrected chi connectivity index (χ1v) is 6.18. The largest absolute Gasteiger partial charge is 0.381 e. The third-order valence-corrected chi connectivity index (χ3v) is 4.00. The zero-order chi connectivity index (χ0) is 11.7. The maximum Gasteiger partial charge on any atom is 0.171 e. The summed E-state index contributed by atoms with van der Waals surface area (Å²) in [6, 6.07) is 0. The van der Waals surface area contributed by atoms with Crippen LogP contribution < -0.4 is 10.6 Å². The van der Waals surface area contributed by atoms with E-state index in [4.69, 9.17) is 10.5 Å². The summed E-state index contributed by atoms with van der Waals surface area (Å²) >= 11 is 0. The van der Waals surface area contributed by atoms with Crippen LogP contribution in [0, 0.1) is 5.41 Å². The van der Waals surface area contributed by atoms with E-state index in [0.29, 0.717) is 11.2 Å². The van der Waals surface area contributed by atoms with E-state index in [9.17, 15) is 0 Å². The van der Waals surface area contributed by atoms with Gasteiger partial charge >= 0.3 is 0 Å². The predicted octanol–water partition coefficient (Wildman–Crippen LogP) is 1.07. The van der Waals surface area contributed by atoms with E-state index >= 15 is 0 Å². The van der Waals surface area contributed by atoms with Gasteiger partial charge < -0.3 is 15.4 Å². The quantitative estimate of drug-likeness (QED) is 0.787. The van der Waals surface area contributed by atoms with Crippen molar-refractivity contribution in [2.45, 2.75) is 19.3 Å². The summed E-state index contributed by atoms with van der Waals surface area (Å²) < 4.78 is 5.45. The van der Waals surface area contributed by atoms with Gasteiger partial charge in [-0.3, -0.25) is 0 Å². The van der Waals surface area contributed by atoms with Gasteiger partial charge in [-0.15, -0.1) is 0 Å². The van der Waals surface area contributed by atoms with Crippen LogP contribution in [-0.4, -0.2) is 36.3 Å². The number of rotatable bonds is 1. The Labute approximate surface area is 101 Å². The monoisotopic (exact) mass is 234 g/mol. The van der Waals surface area contributed by atoms with Gasteiger partial charge in [0, 0.05) is 38.7 Å². The van der Waals surface area contributed by atoms with Crippen molar-refractivity contribution >= 4 is 11.6 Å². The van der Waals surface area contributed by atoms with Crippen LogP contribution >= 0.6 is 0 Å². The second kappa shape index (κ2) is 4.14. The Bertz CT molecular complexity index is 403. The Morgan fingerprint density at radius 2 is 1.94 bits per heavy atom. The smallest absolute Gasteiger partial charge is 0.171 e. The highest BCUT2D eigenvalue weighted by Gasteiger charge is 2.40. The molecule has 2 fully saturated rings. The van der Waals surface area contributed by atoms with Crippen LogP contribution in [0.2, 0.25) is 0 Å². The Kier molecular flexibility index (Phi) is 2.63. The standard InChI is InChI=1S/C12H18N4O/c13-10-11(15-5-4-14-10)16-6-1-12(9-16)2-7-17-8-3-12/h4-5H,1-3,6-9H2,(H2,13,14). The first-order chi connectivity index (χ1) is 8.29. The molecule has 0 saturated carbocycles. The van der Waals surface area contributed by atoms with E-state index in [2.05, 4.69) is 14.9 Å². The number of ether oxygens (including phenoxy) is 1. The molecule has 2 aliphatic heterocycles. The van der Waals surface area contributed by atoms with E-state index in [1.165, 1.54) is 6.42 Å². The van der Waals surface area contributed by atoms with Gasteiger partial charge in [0.1, 0.15) is 0 Å². The molecule has 1 spiro atoms. The van der Waals surface area contributed by atoms with Gasteiger partial charge in [-0.2, -0.15) is 0 Å². The highest BCUT2D eigenvalue weighted by Crippen LogP contribution is 2.41. The molecule has 17 heavy (non-hydrogen) atoms. The Morgan fingerprint density at radius 1 is 1.18 bits per heavy atom. The van der Waals surface area contributed by atoms with Crippen molar-refractivity contribution in [1.29, 1.82) is 0 Å². The summed E-state index contributed by atoms with van der Waals surface area (Å²) in [5, 5.41) is 0. The fraction of sp³-hybridized carbons (Fsp3) is 0.667. The van der Waals surface area contributed by atoms with Crippen LogP contribution in [0.25, 0.3) is 0 Å². The summed E-state index contributed by atoms with van der Waals surface area (Å²) in [4.78, 5) is 10.7. The molecule has 0 aromatic carbocycles. The Morgan fingerprint density at radius 3 is 2.71 bits per heavy atom. The number of hydrogen-bond acceptors (Lipinski definition) is 5. The fourth-order valence-electron chi connectivity index (χ4n) is 2.91. The van der Waals surface area contributed by atoms with Crippen LogP contribution in [-0.2, 0) is 4.74 Å². The average molecular weight is 234 g/mol. The molecule has 2 N–H and O–H groups in total. The molecule has 5 nitrogen and oxygen atoms in total. The minimum Gasteiger partial charge on any atom is -0.381 e. The van der Waals surface area contributed by atoms with Gasteiger partial charge in [-0.1, -0.05) is 0 Å². The number of nitrogen functional groups attached to an aromatic ring is 1. The summed E-state index contributed by atoms with van der Waals surface area (Å²) in [6.07, 6.45) is 6.87. The molecule has 3 rings (SSSR count). The van der Waals surface area contributed by atoms with Gasteiger partial charge in [-0.05, 0) is 24.7 Å². The summed E-state index contributed by atoms with van der Waals surface area (Å²) in [5.74, 6) is 1.38. The lowest BCUT2D eigenvalue weighted by Gasteiger charge is -2.33. The number of aromatic nitrogens is 2. The van der Waals surface area contributed by atoms with Crippen molar-refractivity contribution < 1.29 is 4.74 Å². The number of anilines is 2. The van der Waals surface area contributed by atoms with Crippen molar-refractivity contribution in [3.63, 3.8) is 0 Å². The van der Waals surface area contributed by atoms with Gasteiger partial charge in [0.2, 0.25) is 0 Å². The van der Waals surface area contributed by atoms with Gasteiger partial charge in [0.05, 0.1) is 0 Å². The van der Waals surface area contributed by atoms with E-state index in [1.54, 1.807) is 12.4 Å². The second-order valence-corrected chi connectivity index (χ2v) is 5.05. The lowest BCUT2D eigenvalue weighted by atomic mass is 9.80. The molecule has 0 atom stereocenters. The zero-order valence-corrected chi connectivity index (χ0v) is 9.93. The molecule has 1 aromatic rings. The molecular weight excluding hydrogens is 216 g/mol. The van der Waals surface area contributed by atoms with E-state index in [1.807, 2.05) is 0 Å². The lowest BCUT2D eigenvalue weighted by molar-refractivity contribution is 0.0254. The highest BCUT2D eigenvalue weighted by molar-refractivity contribution is 5.58. The average Bonchev–Trinajstić information content (AvgIpc) is 2.74. The van der Waals surface area contributed by atoms with Crippen molar-refractivity contribution in [3.05, 3.63) is 12.4 Å². The molecule has 1 aromatic heterocycles. The molecule has 0 radical (unpaired) electrons. The third kappa shape index (κ3) is 1.95. The molecule has 3 heterocycles. The van der Waals surface area contributed by atoms with Crippen molar-refractivity contribution in [3.8, 4) is 0 Å². The first-order valence-electron chi connectivity index (χ1n) is 6.18. The van der Waals surface area contributed by atoms with E-state index < -0.39 is 0 Å². The predicted molar refractivity (Wildman–Crippen MR) is 65.8 cm³/mol. The van der Waals surface area contributed by atoms with Gasteiger partial charge in [0.15, 0.2) is 11.6 Å². The molecule has 2 saturated heterocycles. The Hall–Kier alpha value is -1.36. The van der Waals surface area contributed by atoms with Crippen LogP contribution in [0.5, 0.6) is 0 Å². The summed E-state index contributed by atoms with van der Waals surface area (Å²) in [5.41, 5.74) is 6.30. The maximum absolute atomic E-state index is 5.88. The zero-order valence-electron chi connectivity index (χ0n) is 9.93. The van der Waals surface area contributed by atoms with Gasteiger partial charge in [-0.25, -0.2) is 9.97 Å². The topological polar surface area (TPSA) is 64.3 Å². The van der Waals surface area contributed by atoms with Crippen LogP contribution in [0.15, 0.2) is 12.4 Å². The number of nitrogens with zero attached hydrogens (tertiary/aromatic N) is 3.